The number of hydrogen-bond acceptors (Lipinski definition) is 6. The van der Waals surface area contributed by atoms with Crippen molar-refractivity contribution >= 4 is 38.9 Å². The molecule has 3 heterocycles. The molecule has 0 atom stereocenters. The number of thiophene rings is 1. The topological polar surface area (TPSA) is 50.3 Å². The van der Waals surface area contributed by atoms with Crippen molar-refractivity contribution in [1.82, 2.24) is 9.97 Å². The van der Waals surface area contributed by atoms with Crippen molar-refractivity contribution in [2.24, 2.45) is 0 Å². The van der Waals surface area contributed by atoms with Gasteiger partial charge in [0.05, 0.1) is 29.6 Å². The Hall–Kier alpha value is -2.96. The zero-order chi connectivity index (χ0) is 20.3. The van der Waals surface area contributed by atoms with Crippen LogP contribution in [0.15, 0.2) is 60.1 Å². The Kier molecular flexibility index (Phi) is 5.34. The van der Waals surface area contributed by atoms with Crippen LogP contribution in [0.2, 0.25) is 0 Å². The van der Waals surface area contributed by atoms with Gasteiger partial charge in [0, 0.05) is 35.4 Å². The highest BCUT2D eigenvalue weighted by molar-refractivity contribution is 7.17. The van der Waals surface area contributed by atoms with Crippen LogP contribution in [-0.4, -0.2) is 36.3 Å². The number of benzene rings is 2. The first kappa shape index (κ1) is 19.0. The van der Waals surface area contributed by atoms with Crippen LogP contribution in [0.25, 0.3) is 21.3 Å². The first-order chi connectivity index (χ1) is 14.8. The molecule has 152 valence electrons. The first-order valence-electron chi connectivity index (χ1n) is 10.3. The number of nitrogens with zero attached hydrogens (tertiary/aromatic N) is 3. The quantitative estimate of drug-likeness (QED) is 0.465. The average Bonchev–Trinajstić information content (AvgIpc) is 3.23. The normalized spacial score (nSPS) is 14.2. The summed E-state index contributed by atoms with van der Waals surface area (Å²) in [7, 11) is 0. The monoisotopic (exact) mass is 416 g/mol. The molecular formula is C24H24N4OS. The molecule has 5 rings (SSSR count). The van der Waals surface area contributed by atoms with Gasteiger partial charge in [-0.2, -0.15) is 0 Å². The Morgan fingerprint density at radius 1 is 1.03 bits per heavy atom. The van der Waals surface area contributed by atoms with Crippen molar-refractivity contribution in [1.29, 1.82) is 0 Å². The van der Waals surface area contributed by atoms with Gasteiger partial charge in [0.15, 0.2) is 0 Å². The number of rotatable bonds is 5. The maximum absolute atomic E-state index is 5.44. The number of ether oxygens (including phenoxy) is 1. The molecule has 0 aliphatic carbocycles. The highest BCUT2D eigenvalue weighted by atomic mass is 32.1. The molecular weight excluding hydrogens is 392 g/mol. The minimum atomic E-state index is 0.621. The highest BCUT2D eigenvalue weighted by Crippen LogP contribution is 2.35. The molecule has 0 bridgehead atoms. The average molecular weight is 417 g/mol. The van der Waals surface area contributed by atoms with Crippen LogP contribution in [0.5, 0.6) is 0 Å². The second-order valence-corrected chi connectivity index (χ2v) is 8.25. The summed E-state index contributed by atoms with van der Waals surface area (Å²) in [5.41, 5.74) is 6.98. The molecule has 0 spiro atoms. The van der Waals surface area contributed by atoms with Crippen LogP contribution in [0.4, 0.5) is 17.3 Å². The fourth-order valence-electron chi connectivity index (χ4n) is 3.88. The van der Waals surface area contributed by atoms with Crippen molar-refractivity contribution in [3.05, 3.63) is 65.7 Å². The van der Waals surface area contributed by atoms with Gasteiger partial charge in [-0.15, -0.1) is 11.3 Å². The van der Waals surface area contributed by atoms with Gasteiger partial charge in [-0.1, -0.05) is 31.2 Å². The van der Waals surface area contributed by atoms with Crippen LogP contribution in [0.3, 0.4) is 0 Å². The van der Waals surface area contributed by atoms with Gasteiger partial charge in [-0.25, -0.2) is 9.97 Å². The summed E-state index contributed by atoms with van der Waals surface area (Å²) in [5.74, 6) is 0.621. The molecule has 1 N–H and O–H groups in total. The van der Waals surface area contributed by atoms with Crippen LogP contribution in [0.1, 0.15) is 12.5 Å². The largest absolute Gasteiger partial charge is 0.378 e. The van der Waals surface area contributed by atoms with Gasteiger partial charge in [0.25, 0.3) is 0 Å². The van der Waals surface area contributed by atoms with E-state index in [0.29, 0.717) is 5.95 Å². The summed E-state index contributed by atoms with van der Waals surface area (Å²) in [4.78, 5) is 11.7. The third kappa shape index (κ3) is 3.76. The maximum atomic E-state index is 5.44. The second-order valence-electron chi connectivity index (χ2n) is 7.34. The standard InChI is InChI=1S/C24H24N4OS/c1-2-17-5-3-4-6-20(17)21-16-30-22-15-25-24(27-23(21)22)26-18-7-9-19(10-8-18)28-11-13-29-14-12-28/h3-10,15-16H,2,11-14H2,1H3,(H,25,26,27). The van der Waals surface area contributed by atoms with E-state index in [1.165, 1.54) is 22.4 Å². The Bertz CT molecular complexity index is 1150. The lowest BCUT2D eigenvalue weighted by Gasteiger charge is -2.28. The summed E-state index contributed by atoms with van der Waals surface area (Å²) in [6, 6.07) is 17.0. The van der Waals surface area contributed by atoms with E-state index in [-0.39, 0.29) is 0 Å². The zero-order valence-electron chi connectivity index (χ0n) is 17.0. The van der Waals surface area contributed by atoms with E-state index in [2.05, 4.69) is 76.0 Å². The third-order valence-electron chi connectivity index (χ3n) is 5.50. The van der Waals surface area contributed by atoms with Crippen LogP contribution >= 0.6 is 11.3 Å². The molecule has 1 fully saturated rings. The van der Waals surface area contributed by atoms with Gasteiger partial charge in [-0.3, -0.25) is 0 Å². The van der Waals surface area contributed by atoms with Crippen molar-refractivity contribution in [3.8, 4) is 11.1 Å². The number of morpholine rings is 1. The fourth-order valence-corrected chi connectivity index (χ4v) is 4.74. The number of hydrogen-bond donors (Lipinski definition) is 1. The first-order valence-corrected chi connectivity index (χ1v) is 11.2. The van der Waals surface area contributed by atoms with Crippen LogP contribution < -0.4 is 10.2 Å². The minimum absolute atomic E-state index is 0.621. The van der Waals surface area contributed by atoms with Crippen molar-refractivity contribution < 1.29 is 4.74 Å². The molecule has 1 aliphatic rings. The van der Waals surface area contributed by atoms with Gasteiger partial charge < -0.3 is 15.0 Å². The van der Waals surface area contributed by atoms with E-state index in [1.54, 1.807) is 11.3 Å². The molecule has 5 nitrogen and oxygen atoms in total. The number of nitrogens with one attached hydrogen (secondary N) is 1. The number of aromatic nitrogens is 2. The molecule has 30 heavy (non-hydrogen) atoms. The molecule has 0 amide bonds. The number of aryl methyl sites for hydroxylation is 1. The molecule has 1 saturated heterocycles. The molecule has 4 aromatic rings. The Labute approximate surface area is 180 Å². The van der Waals surface area contributed by atoms with Crippen molar-refractivity contribution in [2.75, 3.05) is 36.5 Å². The lowest BCUT2D eigenvalue weighted by molar-refractivity contribution is 0.122. The molecule has 2 aromatic carbocycles. The highest BCUT2D eigenvalue weighted by Gasteiger charge is 2.13. The molecule has 0 unspecified atom stereocenters. The molecule has 0 radical (unpaired) electrons. The molecule has 1 aliphatic heterocycles. The SMILES string of the molecule is CCc1ccccc1-c1csc2cnc(Nc3ccc(N4CCOCC4)cc3)nc12. The van der Waals surface area contributed by atoms with Gasteiger partial charge in [0.2, 0.25) is 5.95 Å². The van der Waals surface area contributed by atoms with Gasteiger partial charge >= 0.3 is 0 Å². The zero-order valence-corrected chi connectivity index (χ0v) is 17.8. The van der Waals surface area contributed by atoms with E-state index < -0.39 is 0 Å². The molecule has 0 saturated carbocycles. The Balaban J connectivity index is 1.41. The van der Waals surface area contributed by atoms with Crippen LogP contribution in [-0.2, 0) is 11.2 Å². The van der Waals surface area contributed by atoms with Crippen molar-refractivity contribution in [2.45, 2.75) is 13.3 Å². The smallest absolute Gasteiger partial charge is 0.227 e. The minimum Gasteiger partial charge on any atom is -0.378 e. The van der Waals surface area contributed by atoms with Crippen LogP contribution in [0, 0.1) is 0 Å². The van der Waals surface area contributed by atoms with E-state index in [9.17, 15) is 0 Å². The summed E-state index contributed by atoms with van der Waals surface area (Å²) in [6.07, 6.45) is 2.91. The predicted molar refractivity (Wildman–Crippen MR) is 125 cm³/mol. The van der Waals surface area contributed by atoms with Crippen molar-refractivity contribution in [3.63, 3.8) is 0 Å². The Morgan fingerprint density at radius 3 is 2.63 bits per heavy atom. The lowest BCUT2D eigenvalue weighted by Crippen LogP contribution is -2.36. The predicted octanol–water partition coefficient (Wildman–Crippen LogP) is 5.50. The van der Waals surface area contributed by atoms with E-state index in [4.69, 9.17) is 9.72 Å². The second kappa shape index (κ2) is 8.42. The molecule has 2 aromatic heterocycles. The van der Waals surface area contributed by atoms with E-state index >= 15 is 0 Å². The summed E-state index contributed by atoms with van der Waals surface area (Å²) < 4.78 is 6.54. The fraction of sp³-hybridized carbons (Fsp3) is 0.250. The van der Waals surface area contributed by atoms with E-state index in [1.807, 2.05) is 6.20 Å². The van der Waals surface area contributed by atoms with Gasteiger partial charge in [-0.05, 0) is 41.8 Å². The third-order valence-corrected chi connectivity index (χ3v) is 6.41. The summed E-state index contributed by atoms with van der Waals surface area (Å²) >= 11 is 1.69. The molecule has 6 heteroatoms. The van der Waals surface area contributed by atoms with Gasteiger partial charge in [0.1, 0.15) is 0 Å². The maximum Gasteiger partial charge on any atom is 0.227 e. The number of fused-ring (bicyclic) bond motifs is 1. The summed E-state index contributed by atoms with van der Waals surface area (Å²) in [6.45, 7) is 5.64. The Morgan fingerprint density at radius 2 is 1.83 bits per heavy atom. The lowest BCUT2D eigenvalue weighted by atomic mass is 10.00. The van der Waals surface area contributed by atoms with E-state index in [0.717, 1.165) is 48.6 Å². The number of anilines is 3. The summed E-state index contributed by atoms with van der Waals surface area (Å²) in [5, 5.41) is 5.55.